The Labute approximate surface area is 181 Å². The highest BCUT2D eigenvalue weighted by molar-refractivity contribution is 5.89. The largest absolute Gasteiger partial charge is 0.508 e. The highest BCUT2D eigenvalue weighted by atomic mass is 16.5. The van der Waals surface area contributed by atoms with Gasteiger partial charge in [0.15, 0.2) is 11.0 Å². The predicted octanol–water partition coefficient (Wildman–Crippen LogP) is 0.395. The van der Waals surface area contributed by atoms with E-state index < -0.39 is 48.3 Å². The van der Waals surface area contributed by atoms with Crippen molar-refractivity contribution in [1.82, 2.24) is 0 Å². The van der Waals surface area contributed by atoms with Crippen molar-refractivity contribution < 1.29 is 44.5 Å². The SMILES string of the molecule is COc1cc(O)c2c(=O)cc(-c3ccc(O)cc3)oc2c1[C@H]1OC(CO)[C@@H](O)C(O)[C@@H]1O. The number of hydrogen-bond acceptors (Lipinski definition) is 10. The molecule has 3 aromatic rings. The molecule has 4 rings (SSSR count). The topological polar surface area (TPSA) is 170 Å². The first-order valence-electron chi connectivity index (χ1n) is 9.74. The average Bonchev–Trinajstić information content (AvgIpc) is 2.78. The zero-order chi connectivity index (χ0) is 23.2. The third-order valence-electron chi connectivity index (χ3n) is 5.53. The molecular weight excluding hydrogens is 424 g/mol. The number of aromatic hydroxyl groups is 2. The van der Waals surface area contributed by atoms with Crippen molar-refractivity contribution in [3.05, 3.63) is 52.2 Å². The van der Waals surface area contributed by atoms with E-state index in [0.717, 1.165) is 12.1 Å². The molecule has 1 aliphatic heterocycles. The molecule has 2 unspecified atom stereocenters. The van der Waals surface area contributed by atoms with Crippen LogP contribution in [-0.4, -0.2) is 68.8 Å². The molecule has 5 atom stereocenters. The van der Waals surface area contributed by atoms with Crippen LogP contribution in [0.25, 0.3) is 22.3 Å². The van der Waals surface area contributed by atoms with Crippen LogP contribution in [0.15, 0.2) is 45.6 Å². The maximum Gasteiger partial charge on any atom is 0.197 e. The summed E-state index contributed by atoms with van der Waals surface area (Å²) in [4.78, 5) is 12.9. The van der Waals surface area contributed by atoms with Crippen LogP contribution in [-0.2, 0) is 4.74 Å². The zero-order valence-electron chi connectivity index (χ0n) is 16.9. The van der Waals surface area contributed by atoms with Crippen molar-refractivity contribution in [2.75, 3.05) is 13.7 Å². The molecule has 0 amide bonds. The fraction of sp³-hybridized carbons (Fsp3) is 0.318. The number of methoxy groups -OCH3 is 1. The van der Waals surface area contributed by atoms with Gasteiger partial charge in [-0.15, -0.1) is 0 Å². The second-order valence-electron chi connectivity index (χ2n) is 7.49. The molecule has 10 heteroatoms. The van der Waals surface area contributed by atoms with Crippen LogP contribution in [0.2, 0.25) is 0 Å². The van der Waals surface area contributed by atoms with Gasteiger partial charge in [0.25, 0.3) is 0 Å². The van der Waals surface area contributed by atoms with Crippen molar-refractivity contribution >= 4 is 11.0 Å². The number of phenols is 2. The van der Waals surface area contributed by atoms with Crippen molar-refractivity contribution in [2.24, 2.45) is 0 Å². The molecule has 10 nitrogen and oxygen atoms in total. The van der Waals surface area contributed by atoms with Crippen molar-refractivity contribution in [1.29, 1.82) is 0 Å². The minimum Gasteiger partial charge on any atom is -0.508 e. The number of aliphatic hydroxyl groups excluding tert-OH is 4. The van der Waals surface area contributed by atoms with E-state index in [4.69, 9.17) is 13.9 Å². The van der Waals surface area contributed by atoms with E-state index in [1.807, 2.05) is 0 Å². The van der Waals surface area contributed by atoms with E-state index in [-0.39, 0.29) is 33.8 Å². The zero-order valence-corrected chi connectivity index (χ0v) is 16.9. The number of ether oxygens (including phenoxy) is 2. The fourth-order valence-corrected chi connectivity index (χ4v) is 3.86. The summed E-state index contributed by atoms with van der Waals surface area (Å²) >= 11 is 0. The van der Waals surface area contributed by atoms with Crippen LogP contribution in [0, 0.1) is 0 Å². The van der Waals surface area contributed by atoms with E-state index in [2.05, 4.69) is 0 Å². The third kappa shape index (κ3) is 3.57. The van der Waals surface area contributed by atoms with Gasteiger partial charge in [0, 0.05) is 17.7 Å². The van der Waals surface area contributed by atoms with E-state index in [1.165, 1.54) is 31.4 Å². The number of aliphatic hydroxyl groups is 4. The summed E-state index contributed by atoms with van der Waals surface area (Å²) in [6, 6.07) is 8.16. The molecule has 0 spiro atoms. The summed E-state index contributed by atoms with van der Waals surface area (Å²) < 4.78 is 16.9. The molecule has 6 N–H and O–H groups in total. The highest BCUT2D eigenvalue weighted by Crippen LogP contribution is 2.44. The summed E-state index contributed by atoms with van der Waals surface area (Å²) in [5.74, 6) is -0.333. The van der Waals surface area contributed by atoms with Crippen molar-refractivity contribution in [2.45, 2.75) is 30.5 Å². The van der Waals surface area contributed by atoms with Gasteiger partial charge >= 0.3 is 0 Å². The van der Waals surface area contributed by atoms with Crippen LogP contribution in [0.3, 0.4) is 0 Å². The molecule has 2 aromatic carbocycles. The van der Waals surface area contributed by atoms with Crippen LogP contribution >= 0.6 is 0 Å². The van der Waals surface area contributed by atoms with Crippen LogP contribution in [0.5, 0.6) is 17.2 Å². The lowest BCUT2D eigenvalue weighted by atomic mass is 9.89. The Morgan fingerprint density at radius 2 is 1.69 bits per heavy atom. The second-order valence-corrected chi connectivity index (χ2v) is 7.49. The Hall–Kier alpha value is -3.15. The minimum atomic E-state index is -1.67. The number of hydrogen-bond donors (Lipinski definition) is 6. The Morgan fingerprint density at radius 3 is 2.31 bits per heavy atom. The minimum absolute atomic E-state index is 0.00895. The predicted molar refractivity (Wildman–Crippen MR) is 111 cm³/mol. The molecule has 0 radical (unpaired) electrons. The van der Waals surface area contributed by atoms with Gasteiger partial charge in [-0.3, -0.25) is 4.79 Å². The molecule has 0 bridgehead atoms. The van der Waals surface area contributed by atoms with Crippen LogP contribution < -0.4 is 10.2 Å². The van der Waals surface area contributed by atoms with Gasteiger partial charge in [0.2, 0.25) is 0 Å². The fourth-order valence-electron chi connectivity index (χ4n) is 3.86. The first-order chi connectivity index (χ1) is 15.3. The van der Waals surface area contributed by atoms with Gasteiger partial charge in [0.1, 0.15) is 58.9 Å². The van der Waals surface area contributed by atoms with Gasteiger partial charge < -0.3 is 44.5 Å². The molecule has 32 heavy (non-hydrogen) atoms. The molecule has 2 heterocycles. The number of fused-ring (bicyclic) bond motifs is 1. The first kappa shape index (κ1) is 22.1. The van der Waals surface area contributed by atoms with E-state index >= 15 is 0 Å². The summed E-state index contributed by atoms with van der Waals surface area (Å²) in [6.07, 6.45) is -7.51. The number of phenolic OH excluding ortho intramolecular Hbond substituents is 2. The maximum absolute atomic E-state index is 12.9. The molecule has 0 saturated carbocycles. The maximum atomic E-state index is 12.9. The van der Waals surface area contributed by atoms with Crippen LogP contribution in [0.1, 0.15) is 11.7 Å². The Balaban J connectivity index is 1.99. The van der Waals surface area contributed by atoms with Crippen molar-refractivity contribution in [3.63, 3.8) is 0 Å². The first-order valence-corrected chi connectivity index (χ1v) is 9.74. The summed E-state index contributed by atoms with van der Waals surface area (Å²) in [7, 11) is 1.29. The van der Waals surface area contributed by atoms with E-state index in [1.54, 1.807) is 0 Å². The van der Waals surface area contributed by atoms with Gasteiger partial charge in [-0.2, -0.15) is 0 Å². The third-order valence-corrected chi connectivity index (χ3v) is 5.53. The van der Waals surface area contributed by atoms with E-state index in [9.17, 15) is 35.4 Å². The molecular formula is C22H22O10. The summed E-state index contributed by atoms with van der Waals surface area (Å²) in [5.41, 5.74) is -0.305. The molecule has 170 valence electrons. The Kier molecular flexibility index (Phi) is 5.80. The molecule has 0 aliphatic carbocycles. The molecule has 1 aliphatic rings. The standard InChI is InChI=1S/C22H22O10/c1-30-14-7-12(26)16-11(25)6-13(9-2-4-10(24)5-3-9)31-21(16)17(14)22-20(29)19(28)18(27)15(8-23)32-22/h2-7,15,18-20,22-24,26-29H,8H2,1H3/t15?,18-,19?,20+,22-/m1/s1. The van der Waals surface area contributed by atoms with Gasteiger partial charge in [-0.25, -0.2) is 0 Å². The number of rotatable bonds is 4. The normalized spacial score (nSPS) is 25.7. The second kappa shape index (κ2) is 8.41. The smallest absolute Gasteiger partial charge is 0.197 e. The van der Waals surface area contributed by atoms with E-state index in [0.29, 0.717) is 5.56 Å². The monoisotopic (exact) mass is 446 g/mol. The van der Waals surface area contributed by atoms with Gasteiger partial charge in [-0.05, 0) is 24.3 Å². The van der Waals surface area contributed by atoms with Gasteiger partial charge in [0.05, 0.1) is 19.3 Å². The summed E-state index contributed by atoms with van der Waals surface area (Å²) in [6.45, 7) is -0.650. The molecule has 1 fully saturated rings. The summed E-state index contributed by atoms with van der Waals surface area (Å²) in [5, 5.41) is 60.2. The lowest BCUT2D eigenvalue weighted by molar-refractivity contribution is -0.231. The Morgan fingerprint density at radius 1 is 1.00 bits per heavy atom. The van der Waals surface area contributed by atoms with Crippen LogP contribution in [0.4, 0.5) is 0 Å². The quantitative estimate of drug-likeness (QED) is 0.330. The van der Waals surface area contributed by atoms with Gasteiger partial charge in [-0.1, -0.05) is 0 Å². The lowest BCUT2D eigenvalue weighted by Crippen LogP contribution is -2.55. The Bertz CT molecular complexity index is 1180. The lowest BCUT2D eigenvalue weighted by Gasteiger charge is -2.40. The molecule has 1 saturated heterocycles. The molecule has 1 aromatic heterocycles. The average molecular weight is 446 g/mol. The highest BCUT2D eigenvalue weighted by Gasteiger charge is 2.46. The number of benzene rings is 2. The van der Waals surface area contributed by atoms with Crippen molar-refractivity contribution in [3.8, 4) is 28.6 Å².